The van der Waals surface area contributed by atoms with Crippen LogP contribution < -0.4 is 0 Å². The molecule has 1 aliphatic heterocycles. The Morgan fingerprint density at radius 1 is 1.35 bits per heavy atom. The molecule has 0 spiro atoms. The molecule has 0 amide bonds. The number of likely N-dealkylation sites (tertiary alicyclic amines) is 1. The van der Waals surface area contributed by atoms with E-state index in [1.54, 1.807) is 0 Å². The van der Waals surface area contributed by atoms with Crippen molar-refractivity contribution in [3.63, 3.8) is 0 Å². The van der Waals surface area contributed by atoms with E-state index in [2.05, 4.69) is 53.1 Å². The molecule has 0 aromatic heterocycles. The smallest absolute Gasteiger partial charge is 0.0868 e. The molecule has 3 nitrogen and oxygen atoms in total. The lowest BCUT2D eigenvalue weighted by atomic mass is 10.0. The molecule has 2 rings (SSSR count). The van der Waals surface area contributed by atoms with E-state index < -0.39 is 0 Å². The standard InChI is InChI=1S/C17H25N3/c1-2-11-20(13-10-18)17-9-6-12-19(15-17)14-16-7-4-3-5-8-16/h3-5,7-8,17H,2,6,9,11-15H2,1H3. The van der Waals surface area contributed by atoms with Crippen molar-refractivity contribution >= 4 is 0 Å². The van der Waals surface area contributed by atoms with Crippen LogP contribution in [-0.2, 0) is 6.54 Å². The van der Waals surface area contributed by atoms with Crippen LogP contribution in [-0.4, -0.2) is 42.0 Å². The molecule has 1 fully saturated rings. The summed E-state index contributed by atoms with van der Waals surface area (Å²) in [5.74, 6) is 0. The van der Waals surface area contributed by atoms with E-state index in [0.29, 0.717) is 12.6 Å². The molecule has 3 heteroatoms. The van der Waals surface area contributed by atoms with Crippen LogP contribution in [0.4, 0.5) is 0 Å². The first-order valence-corrected chi connectivity index (χ1v) is 7.70. The maximum absolute atomic E-state index is 8.99. The van der Waals surface area contributed by atoms with E-state index >= 15 is 0 Å². The summed E-state index contributed by atoms with van der Waals surface area (Å²) in [6, 6.07) is 13.5. The largest absolute Gasteiger partial charge is 0.298 e. The minimum absolute atomic E-state index is 0.548. The third-order valence-corrected chi connectivity index (χ3v) is 4.03. The van der Waals surface area contributed by atoms with Crippen molar-refractivity contribution in [1.82, 2.24) is 9.80 Å². The Kier molecular flexibility index (Phi) is 6.04. The number of rotatable bonds is 6. The summed E-state index contributed by atoms with van der Waals surface area (Å²) >= 11 is 0. The topological polar surface area (TPSA) is 30.3 Å². The quantitative estimate of drug-likeness (QED) is 0.745. The van der Waals surface area contributed by atoms with Gasteiger partial charge in [0.05, 0.1) is 12.6 Å². The van der Waals surface area contributed by atoms with Crippen molar-refractivity contribution in [3.05, 3.63) is 35.9 Å². The molecule has 1 aromatic carbocycles. The molecule has 1 aromatic rings. The molecular formula is C17H25N3. The lowest BCUT2D eigenvalue weighted by Gasteiger charge is -2.38. The van der Waals surface area contributed by atoms with Gasteiger partial charge in [0.1, 0.15) is 0 Å². The number of hydrogen-bond donors (Lipinski definition) is 0. The second kappa shape index (κ2) is 8.04. The Bertz CT molecular complexity index is 424. The molecule has 108 valence electrons. The van der Waals surface area contributed by atoms with Crippen molar-refractivity contribution in [2.24, 2.45) is 0 Å². The summed E-state index contributed by atoms with van der Waals surface area (Å²) in [6.07, 6.45) is 3.59. The van der Waals surface area contributed by atoms with E-state index in [9.17, 15) is 0 Å². The van der Waals surface area contributed by atoms with Gasteiger partial charge in [-0.25, -0.2) is 0 Å². The maximum Gasteiger partial charge on any atom is 0.0868 e. The lowest BCUT2D eigenvalue weighted by Crippen LogP contribution is -2.48. The second-order valence-electron chi connectivity index (χ2n) is 5.65. The number of nitriles is 1. The van der Waals surface area contributed by atoms with Crippen LogP contribution in [0, 0.1) is 11.3 Å². The fraction of sp³-hybridized carbons (Fsp3) is 0.588. The van der Waals surface area contributed by atoms with Gasteiger partial charge in [-0.1, -0.05) is 37.3 Å². The summed E-state index contributed by atoms with van der Waals surface area (Å²) in [7, 11) is 0. The Labute approximate surface area is 122 Å². The first-order valence-electron chi connectivity index (χ1n) is 7.70. The Hall–Kier alpha value is -1.37. The molecule has 1 saturated heterocycles. The highest BCUT2D eigenvalue weighted by molar-refractivity contribution is 5.14. The van der Waals surface area contributed by atoms with Crippen molar-refractivity contribution in [3.8, 4) is 6.07 Å². The molecular weight excluding hydrogens is 246 g/mol. The lowest BCUT2D eigenvalue weighted by molar-refractivity contribution is 0.102. The first-order chi connectivity index (χ1) is 9.83. The molecule has 1 unspecified atom stereocenters. The van der Waals surface area contributed by atoms with E-state index in [4.69, 9.17) is 5.26 Å². The molecule has 20 heavy (non-hydrogen) atoms. The minimum atomic E-state index is 0.548. The second-order valence-corrected chi connectivity index (χ2v) is 5.65. The number of hydrogen-bond acceptors (Lipinski definition) is 3. The Morgan fingerprint density at radius 3 is 2.85 bits per heavy atom. The fourth-order valence-corrected chi connectivity index (χ4v) is 3.08. The molecule has 0 aliphatic carbocycles. The van der Waals surface area contributed by atoms with Crippen LogP contribution >= 0.6 is 0 Å². The van der Waals surface area contributed by atoms with Gasteiger partial charge in [0.2, 0.25) is 0 Å². The summed E-state index contributed by atoms with van der Waals surface area (Å²) in [5, 5.41) is 8.99. The summed E-state index contributed by atoms with van der Waals surface area (Å²) in [4.78, 5) is 4.89. The molecule has 0 saturated carbocycles. The monoisotopic (exact) mass is 271 g/mol. The number of piperidine rings is 1. The van der Waals surface area contributed by atoms with Gasteiger partial charge < -0.3 is 0 Å². The molecule has 0 N–H and O–H groups in total. The van der Waals surface area contributed by atoms with Gasteiger partial charge in [-0.05, 0) is 37.9 Å². The molecule has 0 radical (unpaired) electrons. The van der Waals surface area contributed by atoms with E-state index in [-0.39, 0.29) is 0 Å². The van der Waals surface area contributed by atoms with Gasteiger partial charge in [0.15, 0.2) is 0 Å². The zero-order valence-electron chi connectivity index (χ0n) is 12.5. The van der Waals surface area contributed by atoms with Crippen molar-refractivity contribution in [2.75, 3.05) is 26.2 Å². The number of benzene rings is 1. The van der Waals surface area contributed by atoms with Crippen molar-refractivity contribution in [2.45, 2.75) is 38.8 Å². The predicted molar refractivity (Wildman–Crippen MR) is 82.2 cm³/mol. The molecule has 1 atom stereocenters. The van der Waals surface area contributed by atoms with Gasteiger partial charge in [-0.3, -0.25) is 9.80 Å². The Balaban J connectivity index is 1.92. The van der Waals surface area contributed by atoms with Crippen LogP contribution in [0.25, 0.3) is 0 Å². The Morgan fingerprint density at radius 2 is 2.15 bits per heavy atom. The average Bonchev–Trinajstić information content (AvgIpc) is 2.48. The summed E-state index contributed by atoms with van der Waals surface area (Å²) < 4.78 is 0. The van der Waals surface area contributed by atoms with E-state index in [0.717, 1.165) is 26.1 Å². The molecule has 1 aliphatic rings. The third kappa shape index (κ3) is 4.33. The summed E-state index contributed by atoms with van der Waals surface area (Å²) in [6.45, 7) is 7.10. The van der Waals surface area contributed by atoms with E-state index in [1.807, 2.05) is 0 Å². The number of nitrogens with zero attached hydrogens (tertiary/aromatic N) is 3. The van der Waals surface area contributed by atoms with Gasteiger partial charge in [-0.2, -0.15) is 5.26 Å². The average molecular weight is 271 g/mol. The normalized spacial score (nSPS) is 19.9. The first kappa shape index (κ1) is 15.0. The maximum atomic E-state index is 8.99. The van der Waals surface area contributed by atoms with Gasteiger partial charge in [-0.15, -0.1) is 0 Å². The molecule has 1 heterocycles. The minimum Gasteiger partial charge on any atom is -0.298 e. The van der Waals surface area contributed by atoms with Crippen LogP contribution in [0.15, 0.2) is 30.3 Å². The molecule has 0 bridgehead atoms. The summed E-state index contributed by atoms with van der Waals surface area (Å²) in [5.41, 5.74) is 1.38. The van der Waals surface area contributed by atoms with Crippen LogP contribution in [0.3, 0.4) is 0 Å². The van der Waals surface area contributed by atoms with Crippen LogP contribution in [0.5, 0.6) is 0 Å². The highest BCUT2D eigenvalue weighted by Gasteiger charge is 2.24. The van der Waals surface area contributed by atoms with Crippen LogP contribution in [0.1, 0.15) is 31.7 Å². The van der Waals surface area contributed by atoms with E-state index in [1.165, 1.54) is 24.9 Å². The predicted octanol–water partition coefficient (Wildman–Crippen LogP) is 2.89. The third-order valence-electron chi connectivity index (χ3n) is 4.03. The fourth-order valence-electron chi connectivity index (χ4n) is 3.08. The SMILES string of the molecule is CCCN(CC#N)C1CCCN(Cc2ccccc2)C1. The zero-order chi connectivity index (χ0) is 14.2. The van der Waals surface area contributed by atoms with Gasteiger partial charge in [0, 0.05) is 19.1 Å². The zero-order valence-corrected chi connectivity index (χ0v) is 12.5. The van der Waals surface area contributed by atoms with Gasteiger partial charge >= 0.3 is 0 Å². The highest BCUT2D eigenvalue weighted by Crippen LogP contribution is 2.18. The van der Waals surface area contributed by atoms with Crippen LogP contribution in [0.2, 0.25) is 0 Å². The van der Waals surface area contributed by atoms with Crippen molar-refractivity contribution in [1.29, 1.82) is 5.26 Å². The van der Waals surface area contributed by atoms with Crippen molar-refractivity contribution < 1.29 is 0 Å². The van der Waals surface area contributed by atoms with Gasteiger partial charge in [0.25, 0.3) is 0 Å². The highest BCUT2D eigenvalue weighted by atomic mass is 15.2.